The van der Waals surface area contributed by atoms with Crippen molar-refractivity contribution in [2.24, 2.45) is 5.92 Å². The minimum atomic E-state index is 0.724. The Morgan fingerprint density at radius 3 is 2.53 bits per heavy atom. The van der Waals surface area contributed by atoms with Crippen molar-refractivity contribution in [1.29, 1.82) is 5.26 Å². The van der Waals surface area contributed by atoms with E-state index in [0.29, 0.717) is 0 Å². The first-order chi connectivity index (χ1) is 8.38. The molecule has 90 valence electrons. The lowest BCUT2D eigenvalue weighted by atomic mass is 10.0. The maximum absolute atomic E-state index is 8.69. The number of hydrogen-bond acceptors (Lipinski definition) is 2. The van der Waals surface area contributed by atoms with Gasteiger partial charge in [-0.2, -0.15) is 5.26 Å². The first-order valence-electron chi connectivity index (χ1n) is 6.62. The topological polar surface area (TPSA) is 35.8 Å². The Morgan fingerprint density at radius 2 is 1.88 bits per heavy atom. The molecule has 0 spiro atoms. The number of rotatable bonds is 5. The lowest BCUT2D eigenvalue weighted by Crippen LogP contribution is -2.04. The van der Waals surface area contributed by atoms with Crippen molar-refractivity contribution in [2.45, 2.75) is 38.5 Å². The molecule has 1 aliphatic rings. The number of nitrogens with zero attached hydrogens (tertiary/aromatic N) is 1. The highest BCUT2D eigenvalue weighted by atomic mass is 14.9. The largest absolute Gasteiger partial charge is 0.385 e. The van der Waals surface area contributed by atoms with Gasteiger partial charge >= 0.3 is 0 Å². The second-order valence-electron chi connectivity index (χ2n) is 4.91. The monoisotopic (exact) mass is 228 g/mol. The van der Waals surface area contributed by atoms with Gasteiger partial charge in [-0.15, -0.1) is 0 Å². The molecule has 0 aliphatic heterocycles. The zero-order valence-electron chi connectivity index (χ0n) is 10.3. The molecule has 2 nitrogen and oxygen atoms in total. The van der Waals surface area contributed by atoms with Crippen LogP contribution in [0.15, 0.2) is 24.3 Å². The third kappa shape index (κ3) is 3.78. The molecule has 17 heavy (non-hydrogen) atoms. The van der Waals surface area contributed by atoms with Crippen molar-refractivity contribution < 1.29 is 0 Å². The Kier molecular flexibility index (Phi) is 4.44. The molecular weight excluding hydrogens is 208 g/mol. The number of nitriles is 1. The van der Waals surface area contributed by atoms with Crippen LogP contribution in [0.4, 0.5) is 5.69 Å². The van der Waals surface area contributed by atoms with E-state index >= 15 is 0 Å². The van der Waals surface area contributed by atoms with Gasteiger partial charge in [-0.05, 0) is 43.0 Å². The van der Waals surface area contributed by atoms with Crippen LogP contribution in [0.2, 0.25) is 0 Å². The average Bonchev–Trinajstić information content (AvgIpc) is 2.88. The predicted octanol–water partition coefficient (Wildman–Crippen LogP) is 3.94. The molecule has 1 saturated carbocycles. The van der Waals surface area contributed by atoms with Crippen LogP contribution in [0.5, 0.6) is 0 Å². The summed E-state index contributed by atoms with van der Waals surface area (Å²) in [5.41, 5.74) is 1.84. The summed E-state index contributed by atoms with van der Waals surface area (Å²) in [5.74, 6) is 0.984. The average molecular weight is 228 g/mol. The Bertz CT molecular complexity index is 369. The summed E-state index contributed by atoms with van der Waals surface area (Å²) in [6, 6.07) is 9.81. The molecule has 1 aromatic rings. The van der Waals surface area contributed by atoms with Gasteiger partial charge in [-0.1, -0.05) is 25.7 Å². The van der Waals surface area contributed by atoms with Gasteiger partial charge in [0, 0.05) is 12.2 Å². The van der Waals surface area contributed by atoms with Crippen LogP contribution >= 0.6 is 0 Å². The number of benzene rings is 1. The third-order valence-electron chi connectivity index (χ3n) is 3.61. The van der Waals surface area contributed by atoms with Gasteiger partial charge < -0.3 is 5.32 Å². The first-order valence-corrected chi connectivity index (χ1v) is 6.62. The van der Waals surface area contributed by atoms with E-state index < -0.39 is 0 Å². The van der Waals surface area contributed by atoms with Gasteiger partial charge in [0.25, 0.3) is 0 Å². The Hall–Kier alpha value is -1.49. The van der Waals surface area contributed by atoms with Crippen molar-refractivity contribution in [3.63, 3.8) is 0 Å². The summed E-state index contributed by atoms with van der Waals surface area (Å²) >= 11 is 0. The van der Waals surface area contributed by atoms with Crippen LogP contribution < -0.4 is 5.32 Å². The van der Waals surface area contributed by atoms with Gasteiger partial charge in [0.05, 0.1) is 11.6 Å². The summed E-state index contributed by atoms with van der Waals surface area (Å²) in [6.45, 7) is 1.04. The molecule has 1 aliphatic carbocycles. The molecule has 0 radical (unpaired) electrons. The minimum Gasteiger partial charge on any atom is -0.385 e. The summed E-state index contributed by atoms with van der Waals surface area (Å²) in [6.07, 6.45) is 8.38. The van der Waals surface area contributed by atoms with E-state index in [9.17, 15) is 0 Å². The Morgan fingerprint density at radius 1 is 1.18 bits per heavy atom. The van der Waals surface area contributed by atoms with Crippen LogP contribution in [-0.4, -0.2) is 6.54 Å². The lowest BCUT2D eigenvalue weighted by Gasteiger charge is -2.10. The highest BCUT2D eigenvalue weighted by Crippen LogP contribution is 2.28. The van der Waals surface area contributed by atoms with Crippen LogP contribution in [0.25, 0.3) is 0 Å². The number of anilines is 1. The van der Waals surface area contributed by atoms with Gasteiger partial charge in [-0.25, -0.2) is 0 Å². The minimum absolute atomic E-state index is 0.724. The first kappa shape index (κ1) is 12.0. The van der Waals surface area contributed by atoms with Crippen LogP contribution in [0, 0.1) is 17.2 Å². The smallest absolute Gasteiger partial charge is 0.0991 e. The molecule has 0 aromatic heterocycles. The molecule has 0 unspecified atom stereocenters. The Balaban J connectivity index is 1.65. The molecule has 1 fully saturated rings. The van der Waals surface area contributed by atoms with Crippen molar-refractivity contribution in [2.75, 3.05) is 11.9 Å². The fraction of sp³-hybridized carbons (Fsp3) is 0.533. The SMILES string of the molecule is N#Cc1ccc(NCCCC2CCCC2)cc1. The fourth-order valence-electron chi connectivity index (χ4n) is 2.59. The van der Waals surface area contributed by atoms with Gasteiger partial charge in [-0.3, -0.25) is 0 Å². The second-order valence-corrected chi connectivity index (χ2v) is 4.91. The standard InChI is InChI=1S/C15H20N2/c16-12-14-7-9-15(10-8-14)17-11-3-6-13-4-1-2-5-13/h7-10,13,17H,1-6,11H2. The molecular formula is C15H20N2. The summed E-state index contributed by atoms with van der Waals surface area (Å²) in [7, 11) is 0. The third-order valence-corrected chi connectivity index (χ3v) is 3.61. The van der Waals surface area contributed by atoms with Crippen LogP contribution in [-0.2, 0) is 0 Å². The number of nitrogens with one attached hydrogen (secondary N) is 1. The molecule has 1 N–H and O–H groups in total. The van der Waals surface area contributed by atoms with Crippen LogP contribution in [0.3, 0.4) is 0 Å². The van der Waals surface area contributed by atoms with Crippen molar-refractivity contribution >= 4 is 5.69 Å². The summed E-state index contributed by atoms with van der Waals surface area (Å²) in [4.78, 5) is 0. The summed E-state index contributed by atoms with van der Waals surface area (Å²) < 4.78 is 0. The molecule has 1 aromatic carbocycles. The quantitative estimate of drug-likeness (QED) is 0.775. The maximum Gasteiger partial charge on any atom is 0.0991 e. The zero-order chi connectivity index (χ0) is 11.9. The van der Waals surface area contributed by atoms with Crippen LogP contribution in [0.1, 0.15) is 44.1 Å². The molecule has 0 saturated heterocycles. The lowest BCUT2D eigenvalue weighted by molar-refractivity contribution is 0.491. The second kappa shape index (κ2) is 6.30. The normalized spacial score (nSPS) is 15.7. The summed E-state index contributed by atoms with van der Waals surface area (Å²) in [5, 5.41) is 12.1. The maximum atomic E-state index is 8.69. The molecule has 2 rings (SSSR count). The van der Waals surface area contributed by atoms with Crippen molar-refractivity contribution in [3.05, 3.63) is 29.8 Å². The van der Waals surface area contributed by atoms with Crippen molar-refractivity contribution in [3.8, 4) is 6.07 Å². The molecule has 0 bridgehead atoms. The van der Waals surface area contributed by atoms with E-state index in [-0.39, 0.29) is 0 Å². The van der Waals surface area contributed by atoms with E-state index in [4.69, 9.17) is 5.26 Å². The fourth-order valence-corrected chi connectivity index (χ4v) is 2.59. The molecule has 0 atom stereocenters. The molecule has 0 heterocycles. The van der Waals surface area contributed by atoms with E-state index in [1.54, 1.807) is 0 Å². The highest BCUT2D eigenvalue weighted by Gasteiger charge is 2.13. The van der Waals surface area contributed by atoms with E-state index in [0.717, 1.165) is 23.7 Å². The van der Waals surface area contributed by atoms with E-state index in [1.807, 2.05) is 24.3 Å². The zero-order valence-corrected chi connectivity index (χ0v) is 10.3. The van der Waals surface area contributed by atoms with Gasteiger partial charge in [0.15, 0.2) is 0 Å². The van der Waals surface area contributed by atoms with Gasteiger partial charge in [0.1, 0.15) is 0 Å². The highest BCUT2D eigenvalue weighted by molar-refractivity contribution is 5.46. The van der Waals surface area contributed by atoms with Gasteiger partial charge in [0.2, 0.25) is 0 Å². The van der Waals surface area contributed by atoms with E-state index in [2.05, 4.69) is 11.4 Å². The van der Waals surface area contributed by atoms with E-state index in [1.165, 1.54) is 38.5 Å². The molecule has 0 amide bonds. The molecule has 2 heteroatoms. The van der Waals surface area contributed by atoms with Crippen molar-refractivity contribution in [1.82, 2.24) is 0 Å². The predicted molar refractivity (Wildman–Crippen MR) is 70.8 cm³/mol. The number of hydrogen-bond donors (Lipinski definition) is 1. The Labute approximate surface area is 104 Å².